The van der Waals surface area contributed by atoms with Gasteiger partial charge in [-0.25, -0.2) is 4.79 Å². The molecule has 0 saturated heterocycles. The van der Waals surface area contributed by atoms with E-state index in [9.17, 15) is 14.6 Å². The zero-order valence-electron chi connectivity index (χ0n) is 10.4. The van der Waals surface area contributed by atoms with Gasteiger partial charge in [-0.3, -0.25) is 0 Å². The first kappa shape index (κ1) is 13.3. The van der Waals surface area contributed by atoms with Crippen LogP contribution in [0.15, 0.2) is 34.6 Å². The van der Waals surface area contributed by atoms with Crippen molar-refractivity contribution in [3.05, 3.63) is 39.6 Å². The summed E-state index contributed by atoms with van der Waals surface area (Å²) >= 11 is 0. The maximum atomic E-state index is 11.9. The lowest BCUT2D eigenvalue weighted by Crippen LogP contribution is -2.34. The minimum absolute atomic E-state index is 0.234. The Kier molecular flexibility index (Phi) is 3.99. The highest BCUT2D eigenvalue weighted by atomic mass is 16.6. The Bertz CT molecular complexity index is 478. The topological polar surface area (TPSA) is 85.2 Å². The molecule has 0 bridgehead atoms. The summed E-state index contributed by atoms with van der Waals surface area (Å²) in [6.07, 6.45) is 3.61. The third-order valence-electron chi connectivity index (χ3n) is 3.29. The molecule has 0 N–H and O–H groups in total. The number of hydrogen-bond donors (Lipinski definition) is 0. The van der Waals surface area contributed by atoms with E-state index >= 15 is 0 Å². The normalized spacial score (nSPS) is 17.5. The van der Waals surface area contributed by atoms with E-state index in [0.717, 1.165) is 19.3 Å². The van der Waals surface area contributed by atoms with E-state index in [4.69, 9.17) is 4.74 Å². The number of carbonyl (C=O) groups is 1. The van der Waals surface area contributed by atoms with Crippen LogP contribution in [-0.4, -0.2) is 11.7 Å². The summed E-state index contributed by atoms with van der Waals surface area (Å²) in [5, 5.41) is 5.76. The van der Waals surface area contributed by atoms with Crippen LogP contribution in [0.4, 0.5) is 5.69 Å². The lowest BCUT2D eigenvalue weighted by Gasteiger charge is -2.29. The fraction of sp³-hybridized carbons (Fsp3) is 0.462. The van der Waals surface area contributed by atoms with Gasteiger partial charge in [0.2, 0.25) is 5.72 Å². The van der Waals surface area contributed by atoms with Crippen LogP contribution in [0, 0.1) is 9.81 Å². The van der Waals surface area contributed by atoms with Crippen LogP contribution < -0.4 is 0 Å². The lowest BCUT2D eigenvalue weighted by molar-refractivity contribution is -0.0334. The van der Waals surface area contributed by atoms with Gasteiger partial charge in [0.25, 0.3) is 0 Å². The third kappa shape index (κ3) is 3.01. The molecule has 19 heavy (non-hydrogen) atoms. The number of nitroso groups, excluding NO2 is 2. The van der Waals surface area contributed by atoms with Crippen LogP contribution in [0.5, 0.6) is 0 Å². The minimum Gasteiger partial charge on any atom is -0.430 e. The van der Waals surface area contributed by atoms with Gasteiger partial charge >= 0.3 is 5.97 Å². The molecule has 2 rings (SSSR count). The molecule has 0 unspecified atom stereocenters. The van der Waals surface area contributed by atoms with Crippen molar-refractivity contribution in [2.24, 2.45) is 10.4 Å². The van der Waals surface area contributed by atoms with Gasteiger partial charge in [0.1, 0.15) is 5.69 Å². The van der Waals surface area contributed by atoms with Gasteiger partial charge in [0.15, 0.2) is 0 Å². The standard InChI is InChI=1S/C13H14N2O4/c16-12(10-4-6-11(14-17)7-5-10)19-13(15-18)8-2-1-3-9-13/h4-7H,1-3,8-9H2. The Morgan fingerprint density at radius 1 is 1.05 bits per heavy atom. The summed E-state index contributed by atoms with van der Waals surface area (Å²) < 4.78 is 5.26. The Hall–Kier alpha value is -2.11. The molecule has 0 radical (unpaired) electrons. The Morgan fingerprint density at radius 3 is 2.21 bits per heavy atom. The quantitative estimate of drug-likeness (QED) is 0.612. The fourth-order valence-electron chi connectivity index (χ4n) is 2.21. The van der Waals surface area contributed by atoms with Gasteiger partial charge in [0.05, 0.1) is 5.56 Å². The zero-order valence-corrected chi connectivity index (χ0v) is 10.4. The maximum Gasteiger partial charge on any atom is 0.340 e. The number of rotatable bonds is 4. The molecule has 0 spiro atoms. The van der Waals surface area contributed by atoms with Crippen molar-refractivity contribution in [3.8, 4) is 0 Å². The second-order valence-corrected chi connectivity index (χ2v) is 4.63. The molecule has 1 aliphatic rings. The molecule has 1 aliphatic carbocycles. The molecule has 6 heteroatoms. The van der Waals surface area contributed by atoms with E-state index in [2.05, 4.69) is 10.4 Å². The van der Waals surface area contributed by atoms with Gasteiger partial charge in [-0.15, -0.1) is 9.81 Å². The summed E-state index contributed by atoms with van der Waals surface area (Å²) in [5.41, 5.74) is -0.713. The molecular weight excluding hydrogens is 248 g/mol. The molecule has 0 heterocycles. The molecule has 100 valence electrons. The SMILES string of the molecule is O=Nc1ccc(C(=O)OC2(N=O)CCCCC2)cc1. The summed E-state index contributed by atoms with van der Waals surface area (Å²) in [4.78, 5) is 33.2. The van der Waals surface area contributed by atoms with Crippen LogP contribution in [-0.2, 0) is 4.74 Å². The molecule has 6 nitrogen and oxygen atoms in total. The first-order chi connectivity index (χ1) is 9.19. The van der Waals surface area contributed by atoms with Crippen molar-refractivity contribution >= 4 is 11.7 Å². The third-order valence-corrected chi connectivity index (χ3v) is 3.29. The highest BCUT2D eigenvalue weighted by molar-refractivity contribution is 5.90. The zero-order chi connectivity index (χ0) is 13.7. The van der Waals surface area contributed by atoms with Gasteiger partial charge < -0.3 is 4.74 Å². The predicted octanol–water partition coefficient (Wildman–Crippen LogP) is 3.67. The second kappa shape index (κ2) is 5.69. The van der Waals surface area contributed by atoms with Crippen molar-refractivity contribution in [1.29, 1.82) is 0 Å². The summed E-state index contributed by atoms with van der Waals surface area (Å²) in [6.45, 7) is 0. The lowest BCUT2D eigenvalue weighted by atomic mass is 9.92. The number of ether oxygens (including phenoxy) is 1. The number of carbonyl (C=O) groups excluding carboxylic acids is 1. The number of esters is 1. The highest BCUT2D eigenvalue weighted by Crippen LogP contribution is 2.33. The van der Waals surface area contributed by atoms with Crippen molar-refractivity contribution in [1.82, 2.24) is 0 Å². The van der Waals surface area contributed by atoms with Crippen molar-refractivity contribution < 1.29 is 9.53 Å². The van der Waals surface area contributed by atoms with E-state index < -0.39 is 11.7 Å². The Balaban J connectivity index is 2.10. The first-order valence-electron chi connectivity index (χ1n) is 6.20. The van der Waals surface area contributed by atoms with Gasteiger partial charge in [-0.2, -0.15) is 0 Å². The van der Waals surface area contributed by atoms with Crippen LogP contribution in [0.25, 0.3) is 0 Å². The number of nitrogens with zero attached hydrogens (tertiary/aromatic N) is 2. The number of hydrogen-bond acceptors (Lipinski definition) is 6. The smallest absolute Gasteiger partial charge is 0.340 e. The average molecular weight is 262 g/mol. The van der Waals surface area contributed by atoms with E-state index in [1.807, 2.05) is 0 Å². The monoisotopic (exact) mass is 262 g/mol. The summed E-state index contributed by atoms with van der Waals surface area (Å²) in [6, 6.07) is 5.73. The second-order valence-electron chi connectivity index (χ2n) is 4.63. The minimum atomic E-state index is -1.23. The van der Waals surface area contributed by atoms with E-state index in [1.165, 1.54) is 24.3 Å². The molecule has 0 atom stereocenters. The van der Waals surface area contributed by atoms with Crippen molar-refractivity contribution in [3.63, 3.8) is 0 Å². The molecule has 0 aliphatic heterocycles. The van der Waals surface area contributed by atoms with Crippen LogP contribution in [0.3, 0.4) is 0 Å². The highest BCUT2D eigenvalue weighted by Gasteiger charge is 2.37. The van der Waals surface area contributed by atoms with Gasteiger partial charge in [-0.1, -0.05) is 6.42 Å². The Morgan fingerprint density at radius 2 is 1.68 bits per heavy atom. The molecule has 1 fully saturated rings. The van der Waals surface area contributed by atoms with Crippen LogP contribution >= 0.6 is 0 Å². The van der Waals surface area contributed by atoms with Crippen LogP contribution in [0.1, 0.15) is 42.5 Å². The van der Waals surface area contributed by atoms with Crippen molar-refractivity contribution in [2.45, 2.75) is 37.8 Å². The maximum absolute atomic E-state index is 11.9. The molecular formula is C13H14N2O4. The average Bonchev–Trinajstić information content (AvgIpc) is 2.48. The first-order valence-corrected chi connectivity index (χ1v) is 6.20. The van der Waals surface area contributed by atoms with Gasteiger partial charge in [0, 0.05) is 12.8 Å². The fourth-order valence-corrected chi connectivity index (χ4v) is 2.21. The summed E-state index contributed by atoms with van der Waals surface area (Å²) in [5.74, 6) is -0.598. The van der Waals surface area contributed by atoms with E-state index in [1.54, 1.807) is 0 Å². The largest absolute Gasteiger partial charge is 0.430 e. The number of benzene rings is 1. The van der Waals surface area contributed by atoms with Gasteiger partial charge in [-0.05, 0) is 47.5 Å². The molecule has 0 aromatic heterocycles. The molecule has 1 aromatic rings. The van der Waals surface area contributed by atoms with E-state index in [0.29, 0.717) is 12.8 Å². The van der Waals surface area contributed by atoms with E-state index in [-0.39, 0.29) is 11.3 Å². The summed E-state index contributed by atoms with van der Waals surface area (Å²) in [7, 11) is 0. The van der Waals surface area contributed by atoms with Crippen molar-refractivity contribution in [2.75, 3.05) is 0 Å². The predicted molar refractivity (Wildman–Crippen MR) is 68.9 cm³/mol. The molecule has 1 saturated carbocycles. The van der Waals surface area contributed by atoms with Crippen LogP contribution in [0.2, 0.25) is 0 Å². The Labute approximate surface area is 110 Å². The molecule has 1 aromatic carbocycles. The molecule has 0 amide bonds.